The first-order valence-corrected chi connectivity index (χ1v) is 8.91. The number of rotatable bonds is 2. The van der Waals surface area contributed by atoms with Crippen molar-refractivity contribution < 1.29 is 29.2 Å². The Morgan fingerprint density at radius 3 is 1.42 bits per heavy atom. The van der Waals surface area contributed by atoms with Crippen LogP contribution < -0.4 is 0 Å². The van der Waals surface area contributed by atoms with E-state index in [9.17, 15) is 10.2 Å². The molecule has 4 saturated heterocycles. The maximum absolute atomic E-state index is 9.46. The van der Waals surface area contributed by atoms with Gasteiger partial charge in [-0.25, -0.2) is 0 Å². The minimum atomic E-state index is -0.398. The van der Waals surface area contributed by atoms with Gasteiger partial charge in [-0.3, -0.25) is 0 Å². The van der Waals surface area contributed by atoms with Crippen LogP contribution in [0.15, 0.2) is 13.2 Å². The monoisotopic (exact) mass is 344 g/mol. The normalized spacial score (nSPS) is 45.7. The second-order valence-electron chi connectivity index (χ2n) is 6.87. The second kappa shape index (κ2) is 8.25. The molecule has 4 rings (SSSR count). The van der Waals surface area contributed by atoms with E-state index in [0.717, 1.165) is 25.7 Å². The number of ether oxygens (including phenoxy) is 4. The number of epoxide rings is 2. The predicted octanol–water partition coefficient (Wildman–Crippen LogP) is 1.43. The van der Waals surface area contributed by atoms with E-state index in [2.05, 4.69) is 27.0 Å². The summed E-state index contributed by atoms with van der Waals surface area (Å²) in [5, 5.41) is 18.9. The Bertz CT molecular complexity index is 357. The first-order chi connectivity index (χ1) is 11.5. The highest BCUT2D eigenvalue weighted by Gasteiger charge is 2.55. The van der Waals surface area contributed by atoms with Crippen LogP contribution in [0.25, 0.3) is 0 Å². The number of aliphatic hydroxyl groups is 2. The van der Waals surface area contributed by atoms with Crippen molar-refractivity contribution in [1.29, 1.82) is 0 Å². The van der Waals surface area contributed by atoms with E-state index in [0.29, 0.717) is 38.6 Å². The summed E-state index contributed by atoms with van der Waals surface area (Å²) in [5.41, 5.74) is -0.419. The lowest BCUT2D eigenvalue weighted by Gasteiger charge is -2.30. The molecule has 0 aromatic rings. The van der Waals surface area contributed by atoms with E-state index in [1.165, 1.54) is 0 Å². The van der Waals surface area contributed by atoms with Crippen molar-refractivity contribution in [3.05, 3.63) is 13.2 Å². The summed E-state index contributed by atoms with van der Waals surface area (Å²) in [6, 6.07) is 0. The molecule has 0 aromatic heterocycles. The first kappa shape index (κ1) is 19.8. The van der Waals surface area contributed by atoms with Crippen LogP contribution in [0.4, 0.5) is 0 Å². The molecule has 0 aliphatic carbocycles. The lowest BCUT2D eigenvalue weighted by Crippen LogP contribution is -2.43. The van der Waals surface area contributed by atoms with Gasteiger partial charge in [-0.15, -0.1) is 13.2 Å². The van der Waals surface area contributed by atoms with E-state index in [-0.39, 0.29) is 11.2 Å². The molecule has 0 radical (unpaired) electrons. The summed E-state index contributed by atoms with van der Waals surface area (Å²) < 4.78 is 21.3. The van der Waals surface area contributed by atoms with Crippen LogP contribution in [-0.2, 0) is 18.9 Å². The first-order valence-electron chi connectivity index (χ1n) is 8.91. The highest BCUT2D eigenvalue weighted by atomic mass is 16.6. The molecule has 24 heavy (non-hydrogen) atoms. The Hall–Kier alpha value is -0.500. The third kappa shape index (κ3) is 4.36. The van der Waals surface area contributed by atoms with Gasteiger partial charge in [0.2, 0.25) is 0 Å². The highest BCUT2D eigenvalue weighted by molar-refractivity contribution is 5.03. The molecule has 0 amide bonds. The van der Waals surface area contributed by atoms with Gasteiger partial charge in [-0.2, -0.15) is 0 Å². The van der Waals surface area contributed by atoms with E-state index in [1.54, 1.807) is 0 Å². The molecule has 6 heteroatoms. The smallest absolute Gasteiger partial charge is 0.122 e. The lowest BCUT2D eigenvalue weighted by atomic mass is 9.93. The average molecular weight is 344 g/mol. The van der Waals surface area contributed by atoms with Gasteiger partial charge in [0.25, 0.3) is 0 Å². The lowest BCUT2D eigenvalue weighted by molar-refractivity contribution is -0.0989. The van der Waals surface area contributed by atoms with Crippen molar-refractivity contribution in [3.8, 4) is 0 Å². The van der Waals surface area contributed by atoms with Gasteiger partial charge >= 0.3 is 0 Å². The summed E-state index contributed by atoms with van der Waals surface area (Å²) in [4.78, 5) is 0. The molecule has 2 spiro atoms. The Balaban J connectivity index is 0.000000158. The van der Waals surface area contributed by atoms with Crippen molar-refractivity contribution in [3.63, 3.8) is 0 Å². The maximum Gasteiger partial charge on any atom is 0.122 e. The minimum absolute atomic E-state index is 0.209. The zero-order chi connectivity index (χ0) is 17.8. The van der Waals surface area contributed by atoms with Crippen molar-refractivity contribution in [2.75, 3.05) is 26.4 Å². The van der Waals surface area contributed by atoms with Crippen LogP contribution in [0.5, 0.6) is 0 Å². The van der Waals surface area contributed by atoms with E-state index in [1.807, 2.05) is 0 Å². The molecule has 4 fully saturated rings. The molecular weight excluding hydrogens is 312 g/mol. The molecule has 0 saturated carbocycles. The van der Waals surface area contributed by atoms with Gasteiger partial charge in [0, 0.05) is 12.8 Å². The second-order valence-corrected chi connectivity index (χ2v) is 6.87. The fraction of sp³-hybridized carbons (Fsp3) is 0.889. The third-order valence-corrected chi connectivity index (χ3v) is 5.28. The maximum atomic E-state index is 9.46. The van der Waals surface area contributed by atoms with E-state index < -0.39 is 12.2 Å². The Kier molecular flexibility index (Phi) is 6.82. The van der Waals surface area contributed by atoms with Crippen LogP contribution in [0.1, 0.15) is 39.5 Å². The van der Waals surface area contributed by atoms with Gasteiger partial charge in [-0.05, 0) is 12.8 Å². The summed E-state index contributed by atoms with van der Waals surface area (Å²) in [6.45, 7) is 12.5. The molecule has 4 heterocycles. The topological polar surface area (TPSA) is 84.0 Å². The van der Waals surface area contributed by atoms with Gasteiger partial charge in [0.1, 0.15) is 23.4 Å². The predicted molar refractivity (Wildman–Crippen MR) is 89.9 cm³/mol. The number of aliphatic hydroxyl groups excluding tert-OH is 2. The molecule has 6 nitrogen and oxygen atoms in total. The van der Waals surface area contributed by atoms with Crippen LogP contribution in [0, 0.1) is 0 Å². The van der Waals surface area contributed by atoms with Crippen LogP contribution in [0.2, 0.25) is 0 Å². The van der Waals surface area contributed by atoms with Crippen LogP contribution >= 0.6 is 0 Å². The largest absolute Gasteiger partial charge is 0.388 e. The zero-order valence-electron chi connectivity index (χ0n) is 14.9. The third-order valence-electron chi connectivity index (χ3n) is 5.28. The van der Waals surface area contributed by atoms with E-state index in [4.69, 9.17) is 18.9 Å². The fourth-order valence-electron chi connectivity index (χ4n) is 3.25. The van der Waals surface area contributed by atoms with Gasteiger partial charge < -0.3 is 29.2 Å². The van der Waals surface area contributed by atoms with Crippen molar-refractivity contribution in [2.45, 2.75) is 75.1 Å². The molecule has 6 atom stereocenters. The zero-order valence-corrected chi connectivity index (χ0v) is 14.9. The molecule has 2 N–H and O–H groups in total. The molecule has 0 aromatic carbocycles. The van der Waals surface area contributed by atoms with Gasteiger partial charge in [0.05, 0.1) is 38.6 Å². The SMILES string of the molecule is C=C.CC[C@@H]1CC2(CO2)C(O)CO1.CC[C@@H]1CC2(CO2)C(O)CO1. The molecule has 4 aliphatic heterocycles. The molecule has 4 aliphatic rings. The van der Waals surface area contributed by atoms with Crippen LogP contribution in [0.3, 0.4) is 0 Å². The summed E-state index contributed by atoms with van der Waals surface area (Å²) >= 11 is 0. The summed E-state index contributed by atoms with van der Waals surface area (Å²) in [7, 11) is 0. The highest BCUT2D eigenvalue weighted by Crippen LogP contribution is 2.41. The Morgan fingerprint density at radius 1 is 0.833 bits per heavy atom. The van der Waals surface area contributed by atoms with Gasteiger partial charge in [-0.1, -0.05) is 13.8 Å². The van der Waals surface area contributed by atoms with Crippen molar-refractivity contribution >= 4 is 0 Å². The van der Waals surface area contributed by atoms with E-state index >= 15 is 0 Å². The molecular formula is C18H32O6. The summed E-state index contributed by atoms with van der Waals surface area (Å²) in [5.74, 6) is 0. The quantitative estimate of drug-likeness (QED) is 0.582. The van der Waals surface area contributed by atoms with Crippen LogP contribution in [-0.4, -0.2) is 72.3 Å². The van der Waals surface area contributed by atoms with Crippen molar-refractivity contribution in [2.24, 2.45) is 0 Å². The standard InChI is InChI=1S/2C8H14O3.C2H4/c2*1-2-6-3-8(5-11-8)7(9)4-10-6;1-2/h2*6-7,9H,2-5H2,1H3;1-2H2/t2*6-,7?,8?;/m11./s1. The fourth-order valence-corrected chi connectivity index (χ4v) is 3.25. The number of hydrogen-bond donors (Lipinski definition) is 2. The Morgan fingerprint density at radius 2 is 1.17 bits per heavy atom. The summed E-state index contributed by atoms with van der Waals surface area (Å²) in [6.07, 6.45) is 3.54. The minimum Gasteiger partial charge on any atom is -0.388 e. The molecule has 4 unspecified atom stereocenters. The Labute approximate surface area is 144 Å². The molecule has 0 bridgehead atoms. The molecule has 140 valence electrons. The van der Waals surface area contributed by atoms with Gasteiger partial charge in [0.15, 0.2) is 0 Å². The average Bonchev–Trinajstić information content (AvgIpc) is 3.54. The van der Waals surface area contributed by atoms with Crippen molar-refractivity contribution in [1.82, 2.24) is 0 Å². The number of hydrogen-bond acceptors (Lipinski definition) is 6.